The first kappa shape index (κ1) is 18.0. The minimum absolute atomic E-state index is 0.141. The second-order valence-electron chi connectivity index (χ2n) is 7.83. The molecule has 5 nitrogen and oxygen atoms in total. The lowest BCUT2D eigenvalue weighted by Gasteiger charge is -2.28. The molecule has 0 spiro atoms. The largest absolute Gasteiger partial charge is 0.497 e. The molecule has 4 rings (SSSR count). The number of methoxy groups -OCH3 is 1. The molecule has 2 saturated carbocycles. The van der Waals surface area contributed by atoms with E-state index in [-0.39, 0.29) is 18.6 Å². The third-order valence-electron chi connectivity index (χ3n) is 6.10. The van der Waals surface area contributed by atoms with Crippen molar-refractivity contribution in [2.75, 3.05) is 7.11 Å². The average Bonchev–Trinajstić information content (AvgIpc) is 3.43. The molecule has 1 amide bonds. The van der Waals surface area contributed by atoms with E-state index in [9.17, 15) is 4.79 Å². The Labute approximate surface area is 160 Å². The predicted molar refractivity (Wildman–Crippen MR) is 102 cm³/mol. The normalized spacial score (nSPS) is 24.6. The Morgan fingerprint density at radius 3 is 2.81 bits per heavy atom. The standard InChI is InChI=1S/C22H27NO4/c1-14(20-11-15-6-7-16(20)10-15)23-22(24)21-9-8-19(27-21)13-26-18-5-3-4-17(12-18)25-2/h3-5,8-9,12,14-16,20H,6-7,10-11,13H2,1-2H3,(H,23,24). The second kappa shape index (κ2) is 7.67. The van der Waals surface area contributed by atoms with Gasteiger partial charge in [-0.15, -0.1) is 0 Å². The van der Waals surface area contributed by atoms with Gasteiger partial charge in [0.2, 0.25) is 0 Å². The van der Waals surface area contributed by atoms with E-state index in [0.29, 0.717) is 23.2 Å². The van der Waals surface area contributed by atoms with E-state index in [1.807, 2.05) is 24.3 Å². The zero-order chi connectivity index (χ0) is 18.8. The van der Waals surface area contributed by atoms with Gasteiger partial charge in [-0.3, -0.25) is 4.79 Å². The lowest BCUT2D eigenvalue weighted by atomic mass is 9.84. The maximum Gasteiger partial charge on any atom is 0.287 e. The summed E-state index contributed by atoms with van der Waals surface area (Å²) in [5.74, 6) is 4.53. The van der Waals surface area contributed by atoms with Gasteiger partial charge in [-0.05, 0) is 68.2 Å². The van der Waals surface area contributed by atoms with Crippen molar-refractivity contribution in [2.24, 2.45) is 17.8 Å². The Morgan fingerprint density at radius 2 is 2.07 bits per heavy atom. The summed E-state index contributed by atoms with van der Waals surface area (Å²) in [6.45, 7) is 2.39. The number of carbonyl (C=O) groups is 1. The average molecular weight is 369 g/mol. The van der Waals surface area contributed by atoms with E-state index < -0.39 is 0 Å². The fourth-order valence-electron chi connectivity index (χ4n) is 4.71. The summed E-state index contributed by atoms with van der Waals surface area (Å²) in [6.07, 6.45) is 5.29. The van der Waals surface area contributed by atoms with Crippen molar-refractivity contribution >= 4 is 5.91 Å². The Hall–Kier alpha value is -2.43. The van der Waals surface area contributed by atoms with E-state index >= 15 is 0 Å². The first-order chi connectivity index (χ1) is 13.1. The van der Waals surface area contributed by atoms with E-state index in [4.69, 9.17) is 13.9 Å². The molecule has 144 valence electrons. The molecule has 27 heavy (non-hydrogen) atoms. The first-order valence-electron chi connectivity index (χ1n) is 9.79. The summed E-state index contributed by atoms with van der Waals surface area (Å²) in [5, 5.41) is 3.14. The van der Waals surface area contributed by atoms with Crippen LogP contribution < -0.4 is 14.8 Å². The molecule has 2 aliphatic rings. The molecule has 0 radical (unpaired) electrons. The minimum atomic E-state index is -0.141. The van der Waals surface area contributed by atoms with Gasteiger partial charge in [-0.25, -0.2) is 0 Å². The summed E-state index contributed by atoms with van der Waals surface area (Å²) < 4.78 is 16.6. The van der Waals surface area contributed by atoms with Crippen LogP contribution in [-0.2, 0) is 6.61 Å². The van der Waals surface area contributed by atoms with Gasteiger partial charge < -0.3 is 19.2 Å². The van der Waals surface area contributed by atoms with Crippen molar-refractivity contribution in [1.29, 1.82) is 0 Å². The first-order valence-corrected chi connectivity index (χ1v) is 9.79. The zero-order valence-corrected chi connectivity index (χ0v) is 15.9. The van der Waals surface area contributed by atoms with E-state index in [2.05, 4.69) is 12.2 Å². The maximum absolute atomic E-state index is 12.5. The van der Waals surface area contributed by atoms with Crippen LogP contribution in [0.3, 0.4) is 0 Å². The quantitative estimate of drug-likeness (QED) is 0.785. The van der Waals surface area contributed by atoms with Crippen LogP contribution in [0.1, 0.15) is 48.9 Å². The number of nitrogens with one attached hydrogen (secondary N) is 1. The molecular weight excluding hydrogens is 342 g/mol. The SMILES string of the molecule is COc1cccc(OCc2ccc(C(=O)NC(C)C3CC4CCC3C4)o2)c1. The van der Waals surface area contributed by atoms with Crippen molar-refractivity contribution in [3.8, 4) is 11.5 Å². The maximum atomic E-state index is 12.5. The van der Waals surface area contributed by atoms with Gasteiger partial charge in [0.1, 0.15) is 23.9 Å². The van der Waals surface area contributed by atoms with Crippen molar-refractivity contribution in [1.82, 2.24) is 5.32 Å². The molecule has 1 heterocycles. The highest BCUT2D eigenvalue weighted by atomic mass is 16.5. The van der Waals surface area contributed by atoms with E-state index in [0.717, 1.165) is 17.6 Å². The van der Waals surface area contributed by atoms with Crippen LogP contribution >= 0.6 is 0 Å². The zero-order valence-electron chi connectivity index (χ0n) is 15.9. The number of benzene rings is 1. The van der Waals surface area contributed by atoms with Crippen molar-refractivity contribution < 1.29 is 18.7 Å². The van der Waals surface area contributed by atoms with Crippen LogP contribution in [0.4, 0.5) is 0 Å². The lowest BCUT2D eigenvalue weighted by molar-refractivity contribution is 0.0883. The topological polar surface area (TPSA) is 60.7 Å². The highest BCUT2D eigenvalue weighted by Crippen LogP contribution is 2.49. The van der Waals surface area contributed by atoms with Gasteiger partial charge in [-0.2, -0.15) is 0 Å². The van der Waals surface area contributed by atoms with Crippen LogP contribution in [0.15, 0.2) is 40.8 Å². The highest BCUT2D eigenvalue weighted by Gasteiger charge is 2.42. The summed E-state index contributed by atoms with van der Waals surface area (Å²) >= 11 is 0. The van der Waals surface area contributed by atoms with Gasteiger partial charge in [-0.1, -0.05) is 12.5 Å². The number of hydrogen-bond acceptors (Lipinski definition) is 4. The van der Waals surface area contributed by atoms with Crippen molar-refractivity contribution in [3.63, 3.8) is 0 Å². The number of furan rings is 1. The number of rotatable bonds is 7. The second-order valence-corrected chi connectivity index (χ2v) is 7.83. The molecule has 1 N–H and O–H groups in total. The Kier molecular flexibility index (Phi) is 5.10. The fraction of sp³-hybridized carbons (Fsp3) is 0.500. The van der Waals surface area contributed by atoms with E-state index in [1.54, 1.807) is 19.2 Å². The minimum Gasteiger partial charge on any atom is -0.497 e. The summed E-state index contributed by atoms with van der Waals surface area (Å²) in [4.78, 5) is 12.5. The summed E-state index contributed by atoms with van der Waals surface area (Å²) in [5.41, 5.74) is 0. The van der Waals surface area contributed by atoms with Crippen LogP contribution in [0.2, 0.25) is 0 Å². The van der Waals surface area contributed by atoms with Crippen LogP contribution in [-0.4, -0.2) is 19.1 Å². The van der Waals surface area contributed by atoms with Gasteiger partial charge in [0.05, 0.1) is 7.11 Å². The van der Waals surface area contributed by atoms with Crippen LogP contribution in [0.25, 0.3) is 0 Å². The van der Waals surface area contributed by atoms with Crippen LogP contribution in [0.5, 0.6) is 11.5 Å². The van der Waals surface area contributed by atoms with Gasteiger partial charge in [0, 0.05) is 12.1 Å². The molecule has 4 unspecified atom stereocenters. The molecular formula is C22H27NO4. The lowest BCUT2D eigenvalue weighted by Crippen LogP contribution is -2.40. The monoisotopic (exact) mass is 369 g/mol. The molecule has 1 aromatic carbocycles. The van der Waals surface area contributed by atoms with Crippen LogP contribution in [0, 0.1) is 17.8 Å². The van der Waals surface area contributed by atoms with Gasteiger partial charge in [0.15, 0.2) is 5.76 Å². The fourth-order valence-corrected chi connectivity index (χ4v) is 4.71. The molecule has 1 aromatic heterocycles. The number of amides is 1. The third kappa shape index (κ3) is 3.97. The van der Waals surface area contributed by atoms with E-state index in [1.165, 1.54) is 25.7 Å². The molecule has 0 saturated heterocycles. The summed E-state index contributed by atoms with van der Waals surface area (Å²) in [6, 6.07) is 11.1. The molecule has 4 atom stereocenters. The molecule has 2 aromatic rings. The smallest absolute Gasteiger partial charge is 0.287 e. The Morgan fingerprint density at radius 1 is 1.22 bits per heavy atom. The number of hydrogen-bond donors (Lipinski definition) is 1. The highest BCUT2D eigenvalue weighted by molar-refractivity contribution is 5.91. The number of fused-ring (bicyclic) bond motifs is 2. The molecule has 2 fully saturated rings. The predicted octanol–water partition coefficient (Wildman–Crippen LogP) is 4.42. The third-order valence-corrected chi connectivity index (χ3v) is 6.10. The number of ether oxygens (including phenoxy) is 2. The summed E-state index contributed by atoms with van der Waals surface area (Å²) in [7, 11) is 1.62. The number of carbonyl (C=O) groups excluding carboxylic acids is 1. The Bertz CT molecular complexity index is 799. The van der Waals surface area contributed by atoms with Gasteiger partial charge in [0.25, 0.3) is 5.91 Å². The molecule has 2 bridgehead atoms. The van der Waals surface area contributed by atoms with Crippen molar-refractivity contribution in [3.05, 3.63) is 47.9 Å². The Balaban J connectivity index is 1.31. The molecule has 0 aliphatic heterocycles. The molecule has 2 aliphatic carbocycles. The molecule has 5 heteroatoms. The van der Waals surface area contributed by atoms with Crippen molar-refractivity contribution in [2.45, 2.75) is 45.3 Å². The van der Waals surface area contributed by atoms with Gasteiger partial charge >= 0.3 is 0 Å².